The summed E-state index contributed by atoms with van der Waals surface area (Å²) in [5.41, 5.74) is 3.66. The van der Waals surface area contributed by atoms with Crippen LogP contribution in [0.15, 0.2) is 18.2 Å². The quantitative estimate of drug-likeness (QED) is 0.830. The van der Waals surface area contributed by atoms with Crippen molar-refractivity contribution in [1.29, 1.82) is 0 Å². The minimum absolute atomic E-state index is 0.284. The third-order valence-electron chi connectivity index (χ3n) is 4.12. The average molecular weight is 246 g/mol. The Labute approximate surface area is 111 Å². The summed E-state index contributed by atoms with van der Waals surface area (Å²) >= 11 is 0. The van der Waals surface area contributed by atoms with Crippen LogP contribution < -0.4 is 0 Å². The van der Waals surface area contributed by atoms with Gasteiger partial charge in [0.2, 0.25) is 0 Å². The zero-order valence-corrected chi connectivity index (χ0v) is 12.2. The molecule has 2 rings (SSSR count). The summed E-state index contributed by atoms with van der Waals surface area (Å²) in [6.45, 7) is 8.81. The molecule has 0 aliphatic heterocycles. The van der Waals surface area contributed by atoms with E-state index in [1.165, 1.54) is 23.1 Å². The molecule has 1 atom stereocenters. The molecule has 1 N–H and O–H groups in total. The van der Waals surface area contributed by atoms with Crippen LogP contribution in [0, 0.1) is 19.3 Å². The average Bonchev–Trinajstić information content (AvgIpc) is 2.11. The monoisotopic (exact) mass is 246 g/mol. The van der Waals surface area contributed by atoms with Gasteiger partial charge in [0.05, 0.1) is 5.60 Å². The van der Waals surface area contributed by atoms with Gasteiger partial charge < -0.3 is 5.11 Å². The molecule has 0 bridgehead atoms. The number of rotatable bonds is 2. The molecule has 1 aromatic rings. The highest BCUT2D eigenvalue weighted by Gasteiger charge is 2.38. The van der Waals surface area contributed by atoms with Crippen LogP contribution in [0.1, 0.15) is 56.2 Å². The highest BCUT2D eigenvalue weighted by molar-refractivity contribution is 5.29. The molecule has 1 aromatic carbocycles. The van der Waals surface area contributed by atoms with Gasteiger partial charge in [-0.3, -0.25) is 0 Å². The number of hydrogen-bond donors (Lipinski definition) is 1. The third kappa shape index (κ3) is 3.35. The summed E-state index contributed by atoms with van der Waals surface area (Å²) in [4.78, 5) is 0. The number of aryl methyl sites for hydroxylation is 2. The molecule has 1 heteroatoms. The second-order valence-corrected chi connectivity index (χ2v) is 7.09. The summed E-state index contributed by atoms with van der Waals surface area (Å²) in [6.07, 6.45) is 5.06. The molecular weight excluding hydrogens is 220 g/mol. The van der Waals surface area contributed by atoms with E-state index in [0.717, 1.165) is 25.7 Å². The Morgan fingerprint density at radius 2 is 1.67 bits per heavy atom. The van der Waals surface area contributed by atoms with Crippen LogP contribution in [0.2, 0.25) is 0 Å². The van der Waals surface area contributed by atoms with E-state index in [9.17, 15) is 5.11 Å². The van der Waals surface area contributed by atoms with Gasteiger partial charge in [0.1, 0.15) is 0 Å². The molecule has 1 aliphatic rings. The first-order valence-electron chi connectivity index (χ1n) is 7.08. The lowest BCUT2D eigenvalue weighted by Gasteiger charge is -2.41. The predicted molar refractivity (Wildman–Crippen MR) is 76.8 cm³/mol. The molecule has 18 heavy (non-hydrogen) atoms. The van der Waals surface area contributed by atoms with Gasteiger partial charge in [0, 0.05) is 6.42 Å². The van der Waals surface area contributed by atoms with E-state index in [-0.39, 0.29) is 5.41 Å². The van der Waals surface area contributed by atoms with Crippen LogP contribution in [0.4, 0.5) is 0 Å². The molecule has 1 fully saturated rings. The van der Waals surface area contributed by atoms with Crippen LogP contribution >= 0.6 is 0 Å². The fourth-order valence-electron chi connectivity index (χ4n) is 3.67. The second kappa shape index (κ2) is 4.70. The van der Waals surface area contributed by atoms with Crippen LogP contribution in [0.5, 0.6) is 0 Å². The minimum Gasteiger partial charge on any atom is -0.390 e. The van der Waals surface area contributed by atoms with Crippen molar-refractivity contribution in [2.75, 3.05) is 0 Å². The number of hydrogen-bond acceptors (Lipinski definition) is 1. The highest BCUT2D eigenvalue weighted by Crippen LogP contribution is 2.42. The van der Waals surface area contributed by atoms with Crippen molar-refractivity contribution in [2.45, 2.75) is 65.4 Å². The van der Waals surface area contributed by atoms with E-state index in [1.807, 2.05) is 0 Å². The van der Waals surface area contributed by atoms with Crippen molar-refractivity contribution in [1.82, 2.24) is 0 Å². The molecule has 0 spiro atoms. The molecule has 0 heterocycles. The van der Waals surface area contributed by atoms with Gasteiger partial charge in [-0.2, -0.15) is 0 Å². The van der Waals surface area contributed by atoms with E-state index in [1.54, 1.807) is 0 Å². The Balaban J connectivity index is 2.16. The molecule has 1 unspecified atom stereocenters. The molecule has 1 aliphatic carbocycles. The maximum Gasteiger partial charge on any atom is 0.0693 e. The first kappa shape index (κ1) is 13.6. The van der Waals surface area contributed by atoms with E-state index in [0.29, 0.717) is 0 Å². The Morgan fingerprint density at radius 3 is 2.22 bits per heavy atom. The van der Waals surface area contributed by atoms with Crippen LogP contribution in [0.3, 0.4) is 0 Å². The molecule has 0 amide bonds. The van der Waals surface area contributed by atoms with Crippen molar-refractivity contribution >= 4 is 0 Å². The van der Waals surface area contributed by atoms with Crippen molar-refractivity contribution < 1.29 is 5.11 Å². The maximum absolute atomic E-state index is 10.8. The van der Waals surface area contributed by atoms with Gasteiger partial charge in [0.25, 0.3) is 0 Å². The second-order valence-electron chi connectivity index (χ2n) is 7.09. The summed E-state index contributed by atoms with van der Waals surface area (Å²) in [6, 6.07) is 6.62. The summed E-state index contributed by atoms with van der Waals surface area (Å²) in [7, 11) is 0. The summed E-state index contributed by atoms with van der Waals surface area (Å²) < 4.78 is 0. The zero-order chi connectivity index (χ0) is 13.4. The zero-order valence-electron chi connectivity index (χ0n) is 12.2. The molecule has 0 radical (unpaired) electrons. The molecule has 1 nitrogen and oxygen atoms in total. The Morgan fingerprint density at radius 1 is 1.06 bits per heavy atom. The fraction of sp³-hybridized carbons (Fsp3) is 0.647. The van der Waals surface area contributed by atoms with Crippen molar-refractivity contribution in [3.8, 4) is 0 Å². The number of aliphatic hydroxyl groups is 1. The van der Waals surface area contributed by atoms with Crippen LogP contribution in [0.25, 0.3) is 0 Å². The van der Waals surface area contributed by atoms with Crippen LogP contribution in [-0.2, 0) is 6.42 Å². The lowest BCUT2D eigenvalue weighted by Crippen LogP contribution is -2.40. The summed E-state index contributed by atoms with van der Waals surface area (Å²) in [5.74, 6) is 0. The topological polar surface area (TPSA) is 20.2 Å². The fourth-order valence-corrected chi connectivity index (χ4v) is 3.67. The third-order valence-corrected chi connectivity index (χ3v) is 4.12. The standard InChI is InChI=1S/C17H26O/c1-13-8-14(2)10-15(9-13)11-17(18)7-5-6-16(3,4)12-17/h8-10,18H,5-7,11-12H2,1-4H3. The predicted octanol–water partition coefficient (Wildman–Crippen LogP) is 4.18. The van der Waals surface area contributed by atoms with Gasteiger partial charge in [-0.25, -0.2) is 0 Å². The normalized spacial score (nSPS) is 27.2. The first-order valence-corrected chi connectivity index (χ1v) is 7.08. The van der Waals surface area contributed by atoms with E-state index < -0.39 is 5.60 Å². The van der Waals surface area contributed by atoms with Gasteiger partial charge >= 0.3 is 0 Å². The molecule has 0 aromatic heterocycles. The van der Waals surface area contributed by atoms with E-state index in [4.69, 9.17) is 0 Å². The van der Waals surface area contributed by atoms with Gasteiger partial charge in [-0.1, -0.05) is 49.6 Å². The Bertz CT molecular complexity index is 413. The van der Waals surface area contributed by atoms with E-state index >= 15 is 0 Å². The van der Waals surface area contributed by atoms with Crippen molar-refractivity contribution in [2.24, 2.45) is 5.41 Å². The molecule has 100 valence electrons. The van der Waals surface area contributed by atoms with Crippen LogP contribution in [-0.4, -0.2) is 10.7 Å². The summed E-state index contributed by atoms with van der Waals surface area (Å²) in [5, 5.41) is 10.8. The number of benzene rings is 1. The Hall–Kier alpha value is -0.820. The van der Waals surface area contributed by atoms with E-state index in [2.05, 4.69) is 45.9 Å². The first-order chi connectivity index (χ1) is 8.28. The maximum atomic E-state index is 10.8. The van der Waals surface area contributed by atoms with Crippen molar-refractivity contribution in [3.05, 3.63) is 34.9 Å². The van der Waals surface area contributed by atoms with Gasteiger partial charge in [-0.15, -0.1) is 0 Å². The molecule has 1 saturated carbocycles. The van der Waals surface area contributed by atoms with Crippen molar-refractivity contribution in [3.63, 3.8) is 0 Å². The smallest absolute Gasteiger partial charge is 0.0693 e. The lowest BCUT2D eigenvalue weighted by atomic mass is 9.68. The highest BCUT2D eigenvalue weighted by atomic mass is 16.3. The Kier molecular flexibility index (Phi) is 3.55. The molecular formula is C17H26O. The molecule has 0 saturated heterocycles. The lowest BCUT2D eigenvalue weighted by molar-refractivity contribution is -0.0382. The SMILES string of the molecule is Cc1cc(C)cc(CC2(O)CCCC(C)(C)C2)c1. The minimum atomic E-state index is -0.498. The van der Waals surface area contributed by atoms with Gasteiger partial charge in [-0.05, 0) is 44.1 Å². The van der Waals surface area contributed by atoms with Gasteiger partial charge in [0.15, 0.2) is 0 Å². The largest absolute Gasteiger partial charge is 0.390 e.